The smallest absolute Gasteiger partial charge is 0.251 e. The Bertz CT molecular complexity index is 969. The molecule has 1 heterocycles. The second kappa shape index (κ2) is 10.8. The summed E-state index contributed by atoms with van der Waals surface area (Å²) < 4.78 is 0. The van der Waals surface area contributed by atoms with E-state index in [2.05, 4.69) is 67.9 Å². The zero-order chi connectivity index (χ0) is 21.6. The summed E-state index contributed by atoms with van der Waals surface area (Å²) in [6.45, 7) is 2.65. The number of amides is 1. The van der Waals surface area contributed by atoms with Gasteiger partial charge in [-0.2, -0.15) is 10.2 Å². The Labute approximate surface area is 201 Å². The number of carbonyl (C=O) groups is 1. The lowest BCUT2D eigenvalue weighted by Gasteiger charge is -2.32. The summed E-state index contributed by atoms with van der Waals surface area (Å²) in [7, 11) is 1.64. The third-order valence-electron chi connectivity index (χ3n) is 6.38. The van der Waals surface area contributed by atoms with Crippen molar-refractivity contribution in [2.24, 2.45) is 22.0 Å². The van der Waals surface area contributed by atoms with E-state index in [4.69, 9.17) is 0 Å². The lowest BCUT2D eigenvalue weighted by molar-refractivity contribution is 0.0951. The normalized spacial score (nSPS) is 21.2. The molecule has 162 valence electrons. The van der Waals surface area contributed by atoms with Crippen LogP contribution < -0.4 is 5.32 Å². The maximum absolute atomic E-state index is 12.4. The van der Waals surface area contributed by atoms with Crippen LogP contribution in [0.4, 0.5) is 0 Å². The Hall–Kier alpha value is -1.67. The molecule has 2 aromatic carbocycles. The van der Waals surface area contributed by atoms with Crippen molar-refractivity contribution in [3.05, 3.63) is 65.2 Å². The minimum absolute atomic E-state index is 0.0482. The minimum Gasteiger partial charge on any atom is -0.348 e. The molecule has 2 atom stereocenters. The van der Waals surface area contributed by atoms with Gasteiger partial charge in [0.25, 0.3) is 5.91 Å². The SMILES string of the molecule is CC1=NN=C(c2ccc(CNC(=O)c3ccc(SI)cc3)cc2)C2CCCCCCC12. The third kappa shape index (κ3) is 5.58. The minimum atomic E-state index is -0.0482. The van der Waals surface area contributed by atoms with Gasteiger partial charge in [-0.3, -0.25) is 4.79 Å². The second-order valence-electron chi connectivity index (χ2n) is 8.41. The number of hydrogen-bond acceptors (Lipinski definition) is 4. The van der Waals surface area contributed by atoms with Gasteiger partial charge in [0.05, 0.1) is 5.71 Å². The molecule has 0 saturated heterocycles. The maximum Gasteiger partial charge on any atom is 0.251 e. The highest BCUT2D eigenvalue weighted by Gasteiger charge is 2.32. The van der Waals surface area contributed by atoms with Gasteiger partial charge in [-0.05, 0) is 55.2 Å². The summed E-state index contributed by atoms with van der Waals surface area (Å²) in [5.41, 5.74) is 5.27. The summed E-state index contributed by atoms with van der Waals surface area (Å²) in [6, 6.07) is 16.1. The molecular formula is C25H28IN3OS. The predicted octanol–water partition coefficient (Wildman–Crippen LogP) is 6.82. The lowest BCUT2D eigenvalue weighted by Crippen LogP contribution is -2.33. The molecule has 1 fully saturated rings. The first-order valence-electron chi connectivity index (χ1n) is 11.0. The molecular weight excluding hydrogens is 517 g/mol. The average Bonchev–Trinajstić information content (AvgIpc) is 2.79. The molecule has 1 saturated carbocycles. The Morgan fingerprint density at radius 1 is 0.968 bits per heavy atom. The van der Waals surface area contributed by atoms with Crippen molar-refractivity contribution in [2.45, 2.75) is 56.9 Å². The molecule has 2 aliphatic rings. The van der Waals surface area contributed by atoms with Crippen molar-refractivity contribution in [1.82, 2.24) is 5.32 Å². The largest absolute Gasteiger partial charge is 0.348 e. The Morgan fingerprint density at radius 2 is 1.65 bits per heavy atom. The van der Waals surface area contributed by atoms with Crippen LogP contribution in [0.15, 0.2) is 63.6 Å². The Morgan fingerprint density at radius 3 is 2.32 bits per heavy atom. The van der Waals surface area contributed by atoms with E-state index in [0.717, 1.165) is 21.7 Å². The van der Waals surface area contributed by atoms with Crippen LogP contribution in [0.2, 0.25) is 0 Å². The number of nitrogens with one attached hydrogen (secondary N) is 1. The number of nitrogens with zero attached hydrogens (tertiary/aromatic N) is 2. The van der Waals surface area contributed by atoms with E-state index in [-0.39, 0.29) is 5.91 Å². The van der Waals surface area contributed by atoms with Crippen LogP contribution in [-0.2, 0) is 6.54 Å². The number of fused-ring (bicyclic) bond motifs is 1. The summed E-state index contributed by atoms with van der Waals surface area (Å²) in [6.07, 6.45) is 7.65. The predicted molar refractivity (Wildman–Crippen MR) is 138 cm³/mol. The molecule has 6 heteroatoms. The van der Waals surface area contributed by atoms with Gasteiger partial charge in [0.1, 0.15) is 0 Å². The fraction of sp³-hybridized carbons (Fsp3) is 0.400. The van der Waals surface area contributed by atoms with Crippen LogP contribution in [0, 0.1) is 11.8 Å². The molecule has 1 N–H and O–H groups in total. The first-order chi connectivity index (χ1) is 15.2. The highest BCUT2D eigenvalue weighted by molar-refractivity contribution is 14.2. The maximum atomic E-state index is 12.4. The molecule has 1 amide bonds. The number of hydrogen-bond donors (Lipinski definition) is 1. The van der Waals surface area contributed by atoms with Gasteiger partial charge in [-0.15, -0.1) is 0 Å². The van der Waals surface area contributed by atoms with Crippen LogP contribution in [-0.4, -0.2) is 17.3 Å². The van der Waals surface area contributed by atoms with Gasteiger partial charge >= 0.3 is 0 Å². The van der Waals surface area contributed by atoms with Crippen molar-refractivity contribution in [3.8, 4) is 0 Å². The fourth-order valence-corrected chi connectivity index (χ4v) is 5.72. The van der Waals surface area contributed by atoms with E-state index in [1.807, 2.05) is 24.3 Å². The molecule has 4 nitrogen and oxygen atoms in total. The molecule has 1 aliphatic heterocycles. The van der Waals surface area contributed by atoms with Crippen LogP contribution in [0.3, 0.4) is 0 Å². The van der Waals surface area contributed by atoms with Crippen molar-refractivity contribution < 1.29 is 4.79 Å². The van der Waals surface area contributed by atoms with Gasteiger partial charge in [0.15, 0.2) is 0 Å². The molecule has 0 aromatic heterocycles. The number of benzene rings is 2. The van der Waals surface area contributed by atoms with Gasteiger partial charge in [-0.1, -0.05) is 58.9 Å². The van der Waals surface area contributed by atoms with E-state index in [1.54, 1.807) is 8.93 Å². The zero-order valence-corrected chi connectivity index (χ0v) is 20.8. The highest BCUT2D eigenvalue weighted by Crippen LogP contribution is 2.34. The van der Waals surface area contributed by atoms with Crippen molar-refractivity contribution >= 4 is 47.5 Å². The van der Waals surface area contributed by atoms with Crippen LogP contribution >= 0.6 is 30.1 Å². The van der Waals surface area contributed by atoms with Crippen molar-refractivity contribution in [1.29, 1.82) is 0 Å². The van der Waals surface area contributed by atoms with E-state index in [1.165, 1.54) is 44.2 Å². The second-order valence-corrected chi connectivity index (χ2v) is 10.4. The molecule has 2 aromatic rings. The van der Waals surface area contributed by atoms with Gasteiger partial charge < -0.3 is 5.32 Å². The van der Waals surface area contributed by atoms with E-state index in [9.17, 15) is 4.79 Å². The molecule has 1 aliphatic carbocycles. The topological polar surface area (TPSA) is 53.8 Å². The summed E-state index contributed by atoms with van der Waals surface area (Å²) in [5.74, 6) is 0.962. The van der Waals surface area contributed by atoms with E-state index in [0.29, 0.717) is 23.9 Å². The van der Waals surface area contributed by atoms with Crippen LogP contribution in [0.5, 0.6) is 0 Å². The van der Waals surface area contributed by atoms with Crippen LogP contribution in [0.25, 0.3) is 0 Å². The van der Waals surface area contributed by atoms with Crippen molar-refractivity contribution in [2.75, 3.05) is 0 Å². The van der Waals surface area contributed by atoms with Crippen molar-refractivity contribution in [3.63, 3.8) is 0 Å². The van der Waals surface area contributed by atoms with Gasteiger partial charge in [0.2, 0.25) is 0 Å². The third-order valence-corrected chi connectivity index (χ3v) is 8.35. The first kappa shape index (κ1) is 22.5. The molecule has 0 radical (unpaired) electrons. The van der Waals surface area contributed by atoms with Gasteiger partial charge in [-0.25, -0.2) is 0 Å². The molecule has 4 rings (SSSR count). The Kier molecular flexibility index (Phi) is 7.82. The molecule has 2 unspecified atom stereocenters. The number of halogens is 1. The fourth-order valence-electron chi connectivity index (χ4n) is 4.60. The number of carbonyl (C=O) groups excluding carboxylic acids is 1. The number of rotatable bonds is 5. The quantitative estimate of drug-likeness (QED) is 0.419. The highest BCUT2D eigenvalue weighted by atomic mass is 127. The molecule has 0 bridgehead atoms. The summed E-state index contributed by atoms with van der Waals surface area (Å²) in [4.78, 5) is 13.6. The average molecular weight is 545 g/mol. The molecule has 31 heavy (non-hydrogen) atoms. The molecule has 0 spiro atoms. The van der Waals surface area contributed by atoms with E-state index >= 15 is 0 Å². The lowest BCUT2D eigenvalue weighted by atomic mass is 9.74. The Balaban J connectivity index is 1.42. The zero-order valence-electron chi connectivity index (χ0n) is 17.8. The first-order valence-corrected chi connectivity index (χ1v) is 14.4. The summed E-state index contributed by atoms with van der Waals surface area (Å²) in [5, 5.41) is 12.2. The monoisotopic (exact) mass is 545 g/mol. The van der Waals surface area contributed by atoms with E-state index < -0.39 is 0 Å². The van der Waals surface area contributed by atoms with Crippen LogP contribution in [0.1, 0.15) is 66.9 Å². The summed E-state index contributed by atoms with van der Waals surface area (Å²) >= 11 is 2.24. The van der Waals surface area contributed by atoms with Gasteiger partial charge in [0, 0.05) is 55.8 Å². The standard InChI is InChI=1S/C25H28IN3OS/c1-17-22-6-4-2-3-5-7-23(22)24(29-28-17)19-10-8-18(9-11-19)16-27-25(30)20-12-14-21(31-26)15-13-20/h8-15,22-23H,2-7,16H2,1H3,(H,27,30).